The zero-order chi connectivity index (χ0) is 14.7. The van der Waals surface area contributed by atoms with Crippen molar-refractivity contribution in [1.29, 1.82) is 0 Å². The van der Waals surface area contributed by atoms with Gasteiger partial charge in [-0.3, -0.25) is 25.0 Å². The number of hydrogen-bond acceptors (Lipinski definition) is 5. The molecule has 0 N–H and O–H groups in total. The van der Waals surface area contributed by atoms with E-state index in [4.69, 9.17) is 0 Å². The van der Waals surface area contributed by atoms with Crippen LogP contribution in [0.5, 0.6) is 0 Å². The summed E-state index contributed by atoms with van der Waals surface area (Å²) in [5.41, 5.74) is 0.130. The quantitative estimate of drug-likeness (QED) is 0.472. The topological polar surface area (TPSA) is 108 Å². The first-order chi connectivity index (χ1) is 9.51. The number of carbonyl (C=O) groups is 1. The maximum atomic E-state index is 11.0. The highest BCUT2D eigenvalue weighted by atomic mass is 16.6. The molecule has 0 amide bonds. The number of carbonyl (C=O) groups excluding carboxylic acids is 1. The highest BCUT2D eigenvalue weighted by molar-refractivity contribution is 5.74. The van der Waals surface area contributed by atoms with Crippen LogP contribution >= 0.6 is 0 Å². The first-order valence-corrected chi connectivity index (χ1v) is 5.54. The monoisotopic (exact) mass is 275 g/mol. The van der Waals surface area contributed by atoms with Crippen molar-refractivity contribution in [3.8, 4) is 0 Å². The molecule has 1 aromatic heterocycles. The Morgan fingerprint density at radius 1 is 1.15 bits per heavy atom. The molecule has 0 saturated carbocycles. The summed E-state index contributed by atoms with van der Waals surface area (Å²) in [6.07, 6.45) is 3.81. The van der Waals surface area contributed by atoms with Gasteiger partial charge in [0.2, 0.25) is 0 Å². The largest absolute Gasteiger partial charge is 0.349 e. The van der Waals surface area contributed by atoms with Crippen molar-refractivity contribution in [1.82, 2.24) is 4.57 Å². The third-order valence-corrected chi connectivity index (χ3v) is 2.74. The van der Waals surface area contributed by atoms with Crippen LogP contribution < -0.4 is 0 Å². The maximum Gasteiger partial charge on any atom is 0.281 e. The zero-order valence-corrected chi connectivity index (χ0v) is 10.1. The van der Waals surface area contributed by atoms with E-state index in [1.807, 2.05) is 0 Å². The molecule has 0 aliphatic heterocycles. The molecule has 0 saturated heterocycles. The fraction of sp³-hybridized carbons (Fsp3) is 0.0833. The minimum Gasteiger partial charge on any atom is -0.349 e. The summed E-state index contributed by atoms with van der Waals surface area (Å²) in [5, 5.41) is 21.6. The minimum atomic E-state index is -0.684. The van der Waals surface area contributed by atoms with Crippen LogP contribution in [0.1, 0.15) is 15.9 Å². The molecule has 2 rings (SSSR count). The number of nitro groups is 2. The summed E-state index contributed by atoms with van der Waals surface area (Å²) >= 11 is 0. The normalized spacial score (nSPS) is 10.2. The van der Waals surface area contributed by atoms with Gasteiger partial charge in [0.1, 0.15) is 0 Å². The van der Waals surface area contributed by atoms with Gasteiger partial charge in [-0.2, -0.15) is 0 Å². The van der Waals surface area contributed by atoms with Crippen molar-refractivity contribution < 1.29 is 14.6 Å². The molecule has 0 aliphatic carbocycles. The Hall–Kier alpha value is -3.03. The summed E-state index contributed by atoms with van der Waals surface area (Å²) in [7, 11) is 0. The average Bonchev–Trinajstić information content (AvgIpc) is 2.86. The predicted octanol–water partition coefficient (Wildman–Crippen LogP) is 2.17. The van der Waals surface area contributed by atoms with Crippen LogP contribution in [0.15, 0.2) is 36.7 Å². The summed E-state index contributed by atoms with van der Waals surface area (Å²) in [6.45, 7) is 0.155. The van der Waals surface area contributed by atoms with Crippen molar-refractivity contribution in [2.45, 2.75) is 6.54 Å². The number of aromatic nitrogens is 1. The molecule has 20 heavy (non-hydrogen) atoms. The van der Waals surface area contributed by atoms with E-state index < -0.39 is 9.85 Å². The smallest absolute Gasteiger partial charge is 0.281 e. The number of aldehydes is 1. The van der Waals surface area contributed by atoms with Gasteiger partial charge in [0, 0.05) is 29.6 Å². The number of nitrogens with zero attached hydrogens (tertiary/aromatic N) is 3. The predicted molar refractivity (Wildman–Crippen MR) is 68.7 cm³/mol. The summed E-state index contributed by atoms with van der Waals surface area (Å²) in [5.74, 6) is 0. The Bertz CT molecular complexity index is 692. The van der Waals surface area contributed by atoms with E-state index in [2.05, 4.69) is 0 Å². The first kappa shape index (κ1) is 13.4. The van der Waals surface area contributed by atoms with Crippen LogP contribution in [-0.4, -0.2) is 20.7 Å². The molecule has 0 aliphatic rings. The van der Waals surface area contributed by atoms with Gasteiger partial charge < -0.3 is 4.57 Å². The SMILES string of the molecule is O=Cc1ccn(Cc2ccc([N+](=O)[O-])cc2[N+](=O)[O-])c1. The molecule has 1 aromatic carbocycles. The molecule has 102 valence electrons. The fourth-order valence-electron chi connectivity index (χ4n) is 1.79. The van der Waals surface area contributed by atoms with E-state index in [1.165, 1.54) is 18.3 Å². The first-order valence-electron chi connectivity index (χ1n) is 5.54. The second-order valence-electron chi connectivity index (χ2n) is 4.06. The second-order valence-corrected chi connectivity index (χ2v) is 4.06. The summed E-state index contributed by atoms with van der Waals surface area (Å²) < 4.78 is 1.60. The number of nitro benzene ring substituents is 2. The fourth-order valence-corrected chi connectivity index (χ4v) is 1.79. The molecule has 0 unspecified atom stereocenters. The van der Waals surface area contributed by atoms with Crippen LogP contribution in [0.25, 0.3) is 0 Å². The Labute approximate surface area is 112 Å². The maximum absolute atomic E-state index is 11.0. The third kappa shape index (κ3) is 2.69. The van der Waals surface area contributed by atoms with E-state index >= 15 is 0 Å². The van der Waals surface area contributed by atoms with Crippen LogP contribution in [0, 0.1) is 20.2 Å². The van der Waals surface area contributed by atoms with Gasteiger partial charge in [-0.25, -0.2) is 0 Å². The molecular weight excluding hydrogens is 266 g/mol. The van der Waals surface area contributed by atoms with E-state index in [-0.39, 0.29) is 17.9 Å². The van der Waals surface area contributed by atoms with Crippen molar-refractivity contribution in [2.24, 2.45) is 0 Å². The average molecular weight is 275 g/mol. The van der Waals surface area contributed by atoms with Crippen LogP contribution in [0.4, 0.5) is 11.4 Å². The summed E-state index contributed by atoms with van der Waals surface area (Å²) in [4.78, 5) is 30.8. The van der Waals surface area contributed by atoms with Crippen molar-refractivity contribution in [3.05, 3.63) is 68.0 Å². The van der Waals surface area contributed by atoms with Gasteiger partial charge in [0.15, 0.2) is 6.29 Å². The van der Waals surface area contributed by atoms with Crippen molar-refractivity contribution >= 4 is 17.7 Å². The molecular formula is C12H9N3O5. The number of hydrogen-bond donors (Lipinski definition) is 0. The van der Waals surface area contributed by atoms with Crippen LogP contribution in [0.2, 0.25) is 0 Å². The Morgan fingerprint density at radius 2 is 1.90 bits per heavy atom. The molecule has 0 atom stereocenters. The lowest BCUT2D eigenvalue weighted by molar-refractivity contribution is -0.394. The molecule has 0 spiro atoms. The summed E-state index contributed by atoms with van der Waals surface area (Å²) in [6, 6.07) is 5.06. The van der Waals surface area contributed by atoms with Crippen molar-refractivity contribution in [2.75, 3.05) is 0 Å². The number of rotatable bonds is 5. The Kier molecular flexibility index (Phi) is 3.56. The highest BCUT2D eigenvalue weighted by Gasteiger charge is 2.19. The molecule has 1 heterocycles. The Balaban J connectivity index is 2.37. The molecule has 8 heteroatoms. The van der Waals surface area contributed by atoms with Crippen LogP contribution in [0.3, 0.4) is 0 Å². The lowest BCUT2D eigenvalue weighted by Gasteiger charge is -2.04. The highest BCUT2D eigenvalue weighted by Crippen LogP contribution is 2.25. The molecule has 8 nitrogen and oxygen atoms in total. The van der Waals surface area contributed by atoms with Gasteiger partial charge in [-0.15, -0.1) is 0 Å². The van der Waals surface area contributed by atoms with E-state index in [1.54, 1.807) is 16.8 Å². The standard InChI is InChI=1S/C12H9N3O5/c16-8-9-3-4-13(6-9)7-10-1-2-11(14(17)18)5-12(10)15(19)20/h1-6,8H,7H2. The lowest BCUT2D eigenvalue weighted by Crippen LogP contribution is -2.02. The van der Waals surface area contributed by atoms with Gasteiger partial charge in [-0.05, 0) is 12.1 Å². The van der Waals surface area contributed by atoms with Gasteiger partial charge >= 0.3 is 0 Å². The molecule has 0 fully saturated rings. The van der Waals surface area contributed by atoms with Crippen LogP contribution in [-0.2, 0) is 6.54 Å². The van der Waals surface area contributed by atoms with E-state index in [9.17, 15) is 25.0 Å². The number of non-ortho nitro benzene ring substituents is 1. The minimum absolute atomic E-state index is 0.155. The van der Waals surface area contributed by atoms with E-state index in [0.29, 0.717) is 17.4 Å². The molecule has 0 radical (unpaired) electrons. The van der Waals surface area contributed by atoms with Gasteiger partial charge in [-0.1, -0.05) is 0 Å². The van der Waals surface area contributed by atoms with Crippen molar-refractivity contribution in [3.63, 3.8) is 0 Å². The van der Waals surface area contributed by atoms with E-state index in [0.717, 1.165) is 6.07 Å². The number of benzene rings is 1. The molecule has 0 bridgehead atoms. The third-order valence-electron chi connectivity index (χ3n) is 2.74. The van der Waals surface area contributed by atoms with Gasteiger partial charge in [0.25, 0.3) is 11.4 Å². The zero-order valence-electron chi connectivity index (χ0n) is 10.1. The van der Waals surface area contributed by atoms with Gasteiger partial charge in [0.05, 0.1) is 22.5 Å². The Morgan fingerprint density at radius 3 is 2.45 bits per heavy atom. The molecule has 2 aromatic rings. The lowest BCUT2D eigenvalue weighted by atomic mass is 10.1. The second kappa shape index (κ2) is 5.31.